The van der Waals surface area contributed by atoms with Gasteiger partial charge in [0, 0.05) is 19.4 Å². The molecule has 0 radical (unpaired) electrons. The van der Waals surface area contributed by atoms with Crippen LogP contribution in [0.15, 0.2) is 109 Å². The maximum absolute atomic E-state index is 12.6. The Kier molecular flexibility index (Phi) is 40.8. The molecule has 0 saturated heterocycles. The molecular formula is C48H78NO8P. The van der Waals surface area contributed by atoms with Gasteiger partial charge in [-0.15, -0.1) is 0 Å². The van der Waals surface area contributed by atoms with Crippen LogP contribution in [0.4, 0.5) is 0 Å². The first-order valence-electron chi connectivity index (χ1n) is 21.8. The van der Waals surface area contributed by atoms with Gasteiger partial charge in [-0.25, -0.2) is 4.57 Å². The summed E-state index contributed by atoms with van der Waals surface area (Å²) in [5, 5.41) is 2.81. The standard InChI is InChI=1S/C48H78NO8P/c1-4-6-8-10-12-14-16-18-20-22-23-25-26-28-30-32-34-36-38-40-47(50)54-44-46(45-56-58(52,53)55-43-42-49-3)57-48(51)41-39-37-35-33-31-29-27-24-21-19-17-15-13-11-9-7-5-2/h6,8,12,14,18-21,23,25,27-30,33-36,46,49H,4-5,7,9-11,13,15-17,22,24,26,31-32,37-45H2,1-3H3,(H,52,53)/b8-6-,14-12-,20-18-,21-19-,25-23-,29-27-,30-28-,35-33-,36-34-. The van der Waals surface area contributed by atoms with E-state index in [1.54, 1.807) is 7.05 Å². The van der Waals surface area contributed by atoms with Crippen LogP contribution in [0.5, 0.6) is 0 Å². The summed E-state index contributed by atoms with van der Waals surface area (Å²) in [5.41, 5.74) is 0. The van der Waals surface area contributed by atoms with E-state index in [0.29, 0.717) is 25.8 Å². The van der Waals surface area contributed by atoms with Crippen LogP contribution in [0, 0.1) is 0 Å². The summed E-state index contributed by atoms with van der Waals surface area (Å²) in [6.45, 7) is 3.93. The van der Waals surface area contributed by atoms with E-state index in [4.69, 9.17) is 18.5 Å². The first-order valence-corrected chi connectivity index (χ1v) is 23.3. The molecular weight excluding hydrogens is 750 g/mol. The van der Waals surface area contributed by atoms with Gasteiger partial charge in [-0.1, -0.05) is 155 Å². The van der Waals surface area contributed by atoms with Crippen molar-refractivity contribution in [2.45, 2.75) is 148 Å². The fraction of sp³-hybridized carbons (Fsp3) is 0.583. The van der Waals surface area contributed by atoms with Crippen molar-refractivity contribution in [2.75, 3.05) is 33.4 Å². The second-order valence-electron chi connectivity index (χ2n) is 13.8. The van der Waals surface area contributed by atoms with Crippen molar-refractivity contribution in [3.8, 4) is 0 Å². The van der Waals surface area contributed by atoms with Crippen LogP contribution >= 0.6 is 7.82 Å². The van der Waals surface area contributed by atoms with E-state index in [0.717, 1.165) is 57.8 Å². The third-order valence-electron chi connectivity index (χ3n) is 8.39. The fourth-order valence-electron chi connectivity index (χ4n) is 5.12. The van der Waals surface area contributed by atoms with Gasteiger partial charge in [0.25, 0.3) is 0 Å². The second kappa shape index (κ2) is 43.3. The van der Waals surface area contributed by atoms with Crippen molar-refractivity contribution in [1.82, 2.24) is 5.32 Å². The molecule has 0 aromatic carbocycles. The Morgan fingerprint density at radius 2 is 1.02 bits per heavy atom. The topological polar surface area (TPSA) is 120 Å². The number of carbonyl (C=O) groups is 2. The zero-order chi connectivity index (χ0) is 42.5. The predicted molar refractivity (Wildman–Crippen MR) is 242 cm³/mol. The van der Waals surface area contributed by atoms with E-state index in [1.807, 2.05) is 18.2 Å². The number of hydrogen-bond acceptors (Lipinski definition) is 8. The highest BCUT2D eigenvalue weighted by molar-refractivity contribution is 7.47. The van der Waals surface area contributed by atoms with Crippen molar-refractivity contribution in [2.24, 2.45) is 0 Å². The highest BCUT2D eigenvalue weighted by Crippen LogP contribution is 2.43. The number of carbonyl (C=O) groups excluding carboxylic acids is 2. The van der Waals surface area contributed by atoms with Gasteiger partial charge in [0.15, 0.2) is 6.10 Å². The van der Waals surface area contributed by atoms with E-state index in [-0.39, 0.29) is 26.1 Å². The largest absolute Gasteiger partial charge is 0.472 e. The molecule has 0 aromatic rings. The first-order chi connectivity index (χ1) is 28.3. The van der Waals surface area contributed by atoms with Crippen molar-refractivity contribution < 1.29 is 37.6 Å². The lowest BCUT2D eigenvalue weighted by atomic mass is 10.1. The number of nitrogens with one attached hydrogen (secondary N) is 1. The molecule has 10 heteroatoms. The molecule has 0 heterocycles. The Labute approximate surface area is 352 Å². The third kappa shape index (κ3) is 42.3. The number of hydrogen-bond donors (Lipinski definition) is 2. The lowest BCUT2D eigenvalue weighted by Crippen LogP contribution is -2.29. The molecule has 58 heavy (non-hydrogen) atoms. The summed E-state index contributed by atoms with van der Waals surface area (Å²) in [5.74, 6) is -0.978. The number of rotatable bonds is 39. The number of phosphoric acid groups is 1. The molecule has 9 nitrogen and oxygen atoms in total. The highest BCUT2D eigenvalue weighted by Gasteiger charge is 2.26. The first kappa shape index (κ1) is 54.7. The van der Waals surface area contributed by atoms with E-state index in [1.165, 1.54) is 38.5 Å². The molecule has 0 aliphatic heterocycles. The number of allylic oxidation sites excluding steroid dienone is 18. The van der Waals surface area contributed by atoms with Crippen molar-refractivity contribution in [3.05, 3.63) is 109 Å². The van der Waals surface area contributed by atoms with Crippen LogP contribution in [0.3, 0.4) is 0 Å². The van der Waals surface area contributed by atoms with E-state index in [2.05, 4.69) is 110 Å². The maximum Gasteiger partial charge on any atom is 0.472 e. The molecule has 328 valence electrons. The van der Waals surface area contributed by atoms with Crippen LogP contribution in [-0.4, -0.2) is 56.3 Å². The Morgan fingerprint density at radius 3 is 1.53 bits per heavy atom. The number of phosphoric ester groups is 1. The van der Waals surface area contributed by atoms with Crippen LogP contribution in [0.2, 0.25) is 0 Å². The summed E-state index contributed by atoms with van der Waals surface area (Å²) < 4.78 is 33.0. The minimum Gasteiger partial charge on any atom is -0.462 e. The van der Waals surface area contributed by atoms with Gasteiger partial charge in [-0.05, 0) is 90.5 Å². The summed E-state index contributed by atoms with van der Waals surface area (Å²) in [4.78, 5) is 35.0. The number of ether oxygens (including phenoxy) is 2. The van der Waals surface area contributed by atoms with Crippen LogP contribution in [0.1, 0.15) is 142 Å². The molecule has 0 bridgehead atoms. The van der Waals surface area contributed by atoms with Gasteiger partial charge >= 0.3 is 19.8 Å². The van der Waals surface area contributed by atoms with E-state index < -0.39 is 32.5 Å². The second-order valence-corrected chi connectivity index (χ2v) is 15.2. The molecule has 0 fully saturated rings. The monoisotopic (exact) mass is 828 g/mol. The highest BCUT2D eigenvalue weighted by atomic mass is 31.2. The van der Waals surface area contributed by atoms with Crippen molar-refractivity contribution >= 4 is 19.8 Å². The predicted octanol–water partition coefficient (Wildman–Crippen LogP) is 12.6. The molecule has 0 aliphatic carbocycles. The Balaban J connectivity index is 4.46. The molecule has 0 aliphatic rings. The van der Waals surface area contributed by atoms with Crippen molar-refractivity contribution in [3.63, 3.8) is 0 Å². The van der Waals surface area contributed by atoms with Gasteiger partial charge in [0.2, 0.25) is 0 Å². The lowest BCUT2D eigenvalue weighted by molar-refractivity contribution is -0.161. The normalized spacial score (nSPS) is 14.3. The van der Waals surface area contributed by atoms with Gasteiger partial charge in [0.1, 0.15) is 6.61 Å². The quantitative estimate of drug-likeness (QED) is 0.0270. The van der Waals surface area contributed by atoms with Gasteiger partial charge < -0.3 is 19.7 Å². The van der Waals surface area contributed by atoms with Crippen LogP contribution in [-0.2, 0) is 32.7 Å². The third-order valence-corrected chi connectivity index (χ3v) is 9.37. The lowest BCUT2D eigenvalue weighted by Gasteiger charge is -2.19. The molecule has 0 aromatic heterocycles. The average molecular weight is 828 g/mol. The average Bonchev–Trinajstić information content (AvgIpc) is 3.21. The summed E-state index contributed by atoms with van der Waals surface area (Å²) >= 11 is 0. The van der Waals surface area contributed by atoms with Gasteiger partial charge in [-0.3, -0.25) is 18.6 Å². The number of unbranched alkanes of at least 4 members (excludes halogenated alkanes) is 7. The van der Waals surface area contributed by atoms with Crippen LogP contribution < -0.4 is 5.32 Å². The molecule has 0 rings (SSSR count). The van der Waals surface area contributed by atoms with Crippen molar-refractivity contribution in [1.29, 1.82) is 0 Å². The summed E-state index contributed by atoms with van der Waals surface area (Å²) in [6.07, 6.45) is 55.9. The molecule has 0 saturated carbocycles. The molecule has 0 spiro atoms. The van der Waals surface area contributed by atoms with Gasteiger partial charge in [0.05, 0.1) is 13.2 Å². The fourth-order valence-corrected chi connectivity index (χ4v) is 5.87. The minimum absolute atomic E-state index is 0.0437. The molecule has 0 amide bonds. The minimum atomic E-state index is -4.39. The van der Waals surface area contributed by atoms with E-state index in [9.17, 15) is 19.0 Å². The smallest absolute Gasteiger partial charge is 0.462 e. The van der Waals surface area contributed by atoms with Crippen LogP contribution in [0.25, 0.3) is 0 Å². The van der Waals surface area contributed by atoms with Gasteiger partial charge in [-0.2, -0.15) is 0 Å². The molecule has 2 N–H and O–H groups in total. The zero-order valence-electron chi connectivity index (χ0n) is 36.2. The van der Waals surface area contributed by atoms with E-state index >= 15 is 0 Å². The zero-order valence-corrected chi connectivity index (χ0v) is 37.1. The molecule has 2 unspecified atom stereocenters. The number of esters is 2. The number of likely N-dealkylation sites (N-methyl/N-ethyl adjacent to an activating group) is 1. The summed E-state index contributed by atoms with van der Waals surface area (Å²) in [6, 6.07) is 0. The SMILES string of the molecule is CC/C=C\C/C=C\C/C=C\C/C=C\C/C=C\C/C=C\CCC(=O)OCC(COP(=O)(O)OCCNC)OC(=O)CCC/C=C\C/C=C\C/C=C\CCCCCCCC. The Hall–Kier alpha value is -3.33. The summed E-state index contributed by atoms with van der Waals surface area (Å²) in [7, 11) is -2.70. The Bertz CT molecular complexity index is 1310. The Morgan fingerprint density at radius 1 is 0.552 bits per heavy atom. The molecule has 2 atom stereocenters. The maximum atomic E-state index is 12.6.